The van der Waals surface area contributed by atoms with Crippen molar-refractivity contribution in [3.05, 3.63) is 29.6 Å². The Bertz CT molecular complexity index is 647. The number of likely N-dealkylation sites (tertiary alicyclic amines) is 1. The van der Waals surface area contributed by atoms with Gasteiger partial charge in [0.2, 0.25) is 10.0 Å². The molecule has 114 valence electrons. The van der Waals surface area contributed by atoms with Crippen LogP contribution in [0, 0.1) is 24.1 Å². The molecule has 0 atom stereocenters. The highest BCUT2D eigenvalue weighted by molar-refractivity contribution is 7.89. The second-order valence-electron chi connectivity index (χ2n) is 5.24. The number of halogens is 1. The number of nitriles is 1. The van der Waals surface area contributed by atoms with Gasteiger partial charge in [0.05, 0.1) is 17.5 Å². The van der Waals surface area contributed by atoms with Crippen LogP contribution in [0.5, 0.6) is 0 Å². The standard InChI is InChI=1S/C14H18FN3O2S/c1-11-10-12(15)2-3-14(11)21(19,20)17-13-4-7-18(8-5-13)9-6-16/h2-3,10,13,17H,4-5,7-9H2,1H3. The highest BCUT2D eigenvalue weighted by Crippen LogP contribution is 2.18. The van der Waals surface area contributed by atoms with E-state index in [1.807, 2.05) is 4.90 Å². The zero-order chi connectivity index (χ0) is 15.5. The molecule has 1 aliphatic rings. The Labute approximate surface area is 124 Å². The molecule has 0 radical (unpaired) electrons. The van der Waals surface area contributed by atoms with Gasteiger partial charge in [-0.25, -0.2) is 17.5 Å². The summed E-state index contributed by atoms with van der Waals surface area (Å²) in [6.07, 6.45) is 1.34. The number of benzene rings is 1. The van der Waals surface area contributed by atoms with E-state index in [0.29, 0.717) is 38.0 Å². The molecular weight excluding hydrogens is 293 g/mol. The molecule has 0 aliphatic carbocycles. The van der Waals surface area contributed by atoms with Crippen LogP contribution >= 0.6 is 0 Å². The summed E-state index contributed by atoms with van der Waals surface area (Å²) in [6, 6.07) is 5.60. The van der Waals surface area contributed by atoms with Crippen LogP contribution in [0.1, 0.15) is 18.4 Å². The molecule has 2 rings (SSSR count). The summed E-state index contributed by atoms with van der Waals surface area (Å²) < 4.78 is 40.4. The van der Waals surface area contributed by atoms with Crippen LogP contribution in [0.25, 0.3) is 0 Å². The first kappa shape index (κ1) is 15.9. The molecular formula is C14H18FN3O2S. The number of nitrogens with one attached hydrogen (secondary N) is 1. The lowest BCUT2D eigenvalue weighted by atomic mass is 10.1. The molecule has 1 aromatic carbocycles. The molecule has 0 bridgehead atoms. The van der Waals surface area contributed by atoms with Gasteiger partial charge in [0.15, 0.2) is 0 Å². The van der Waals surface area contributed by atoms with Gasteiger partial charge in [0, 0.05) is 19.1 Å². The van der Waals surface area contributed by atoms with Crippen molar-refractivity contribution < 1.29 is 12.8 Å². The maximum Gasteiger partial charge on any atom is 0.241 e. The second kappa shape index (κ2) is 6.52. The van der Waals surface area contributed by atoms with E-state index >= 15 is 0 Å². The maximum absolute atomic E-state index is 13.1. The number of sulfonamides is 1. The van der Waals surface area contributed by atoms with E-state index in [1.165, 1.54) is 12.1 Å². The normalized spacial score (nSPS) is 17.6. The Morgan fingerprint density at radius 1 is 1.43 bits per heavy atom. The fraction of sp³-hybridized carbons (Fsp3) is 0.500. The Hall–Kier alpha value is -1.49. The summed E-state index contributed by atoms with van der Waals surface area (Å²) in [7, 11) is -3.64. The minimum atomic E-state index is -3.64. The van der Waals surface area contributed by atoms with E-state index in [-0.39, 0.29) is 10.9 Å². The van der Waals surface area contributed by atoms with Crippen molar-refractivity contribution >= 4 is 10.0 Å². The van der Waals surface area contributed by atoms with Gasteiger partial charge in [-0.1, -0.05) is 0 Å². The Kier molecular flexibility index (Phi) is 4.93. The molecule has 7 heteroatoms. The zero-order valence-corrected chi connectivity index (χ0v) is 12.7. The number of aryl methyl sites for hydroxylation is 1. The largest absolute Gasteiger partial charge is 0.290 e. The lowest BCUT2D eigenvalue weighted by molar-refractivity contribution is 0.229. The Morgan fingerprint density at radius 2 is 2.10 bits per heavy atom. The predicted molar refractivity (Wildman–Crippen MR) is 76.5 cm³/mol. The highest BCUT2D eigenvalue weighted by Gasteiger charge is 2.25. The summed E-state index contributed by atoms with van der Waals surface area (Å²) in [5.74, 6) is -0.448. The third kappa shape index (κ3) is 4.00. The smallest absolute Gasteiger partial charge is 0.241 e. The summed E-state index contributed by atoms with van der Waals surface area (Å²) in [6.45, 7) is 3.34. The van der Waals surface area contributed by atoms with Gasteiger partial charge in [-0.05, 0) is 43.5 Å². The van der Waals surface area contributed by atoms with E-state index in [2.05, 4.69) is 10.8 Å². The van der Waals surface area contributed by atoms with Gasteiger partial charge in [0.1, 0.15) is 5.82 Å². The van der Waals surface area contributed by atoms with Gasteiger partial charge >= 0.3 is 0 Å². The molecule has 1 fully saturated rings. The zero-order valence-electron chi connectivity index (χ0n) is 11.8. The van der Waals surface area contributed by atoms with Crippen molar-refractivity contribution in [2.24, 2.45) is 0 Å². The average Bonchev–Trinajstić information content (AvgIpc) is 2.40. The van der Waals surface area contributed by atoms with Gasteiger partial charge in [-0.2, -0.15) is 5.26 Å². The van der Waals surface area contributed by atoms with Crippen LogP contribution in [-0.2, 0) is 10.0 Å². The quantitative estimate of drug-likeness (QED) is 0.853. The number of nitrogens with zero attached hydrogens (tertiary/aromatic N) is 2. The molecule has 1 aliphatic heterocycles. The minimum Gasteiger partial charge on any atom is -0.290 e. The van der Waals surface area contributed by atoms with Crippen LogP contribution in [0.15, 0.2) is 23.1 Å². The fourth-order valence-electron chi connectivity index (χ4n) is 2.51. The molecule has 1 heterocycles. The molecule has 0 saturated carbocycles. The van der Waals surface area contributed by atoms with E-state index in [1.54, 1.807) is 6.92 Å². The van der Waals surface area contributed by atoms with Crippen molar-refractivity contribution in [2.45, 2.75) is 30.7 Å². The van der Waals surface area contributed by atoms with E-state index in [4.69, 9.17) is 5.26 Å². The number of hydrogen-bond donors (Lipinski definition) is 1. The molecule has 0 unspecified atom stereocenters. The molecule has 21 heavy (non-hydrogen) atoms. The van der Waals surface area contributed by atoms with Crippen LogP contribution in [-0.4, -0.2) is 39.0 Å². The van der Waals surface area contributed by atoms with Crippen molar-refractivity contribution in [1.29, 1.82) is 5.26 Å². The van der Waals surface area contributed by atoms with E-state index < -0.39 is 15.8 Å². The number of rotatable bonds is 4. The number of hydrogen-bond acceptors (Lipinski definition) is 4. The third-order valence-corrected chi connectivity index (χ3v) is 5.31. The third-order valence-electron chi connectivity index (χ3n) is 3.63. The lowest BCUT2D eigenvalue weighted by Crippen LogP contribution is -2.44. The Balaban J connectivity index is 2.04. The second-order valence-corrected chi connectivity index (χ2v) is 6.92. The molecule has 0 aromatic heterocycles. The summed E-state index contributed by atoms with van der Waals surface area (Å²) in [5.41, 5.74) is 0.393. The predicted octanol–water partition coefficient (Wildman–Crippen LogP) is 1.40. The van der Waals surface area contributed by atoms with Crippen LogP contribution < -0.4 is 4.72 Å². The monoisotopic (exact) mass is 311 g/mol. The first-order valence-electron chi connectivity index (χ1n) is 6.80. The summed E-state index contributed by atoms with van der Waals surface area (Å²) in [4.78, 5) is 2.11. The average molecular weight is 311 g/mol. The van der Waals surface area contributed by atoms with Crippen LogP contribution in [0.2, 0.25) is 0 Å². The SMILES string of the molecule is Cc1cc(F)ccc1S(=O)(=O)NC1CCN(CC#N)CC1. The number of piperidine rings is 1. The van der Waals surface area contributed by atoms with Gasteiger partial charge in [-0.3, -0.25) is 4.90 Å². The minimum absolute atomic E-state index is 0.114. The van der Waals surface area contributed by atoms with E-state index in [0.717, 1.165) is 6.07 Å². The summed E-state index contributed by atoms with van der Waals surface area (Å²) in [5, 5.41) is 8.64. The first-order valence-corrected chi connectivity index (χ1v) is 8.28. The lowest BCUT2D eigenvalue weighted by Gasteiger charge is -2.30. The molecule has 1 aromatic rings. The first-order chi connectivity index (χ1) is 9.92. The maximum atomic E-state index is 13.1. The Morgan fingerprint density at radius 3 is 2.67 bits per heavy atom. The molecule has 1 N–H and O–H groups in total. The van der Waals surface area contributed by atoms with Crippen molar-refractivity contribution in [3.63, 3.8) is 0 Å². The van der Waals surface area contributed by atoms with Crippen molar-refractivity contribution in [3.8, 4) is 6.07 Å². The molecule has 0 spiro atoms. The van der Waals surface area contributed by atoms with Crippen LogP contribution in [0.3, 0.4) is 0 Å². The van der Waals surface area contributed by atoms with Crippen molar-refractivity contribution in [2.75, 3.05) is 19.6 Å². The van der Waals surface area contributed by atoms with Gasteiger partial charge in [0.25, 0.3) is 0 Å². The van der Waals surface area contributed by atoms with Crippen molar-refractivity contribution in [1.82, 2.24) is 9.62 Å². The van der Waals surface area contributed by atoms with Gasteiger partial charge < -0.3 is 0 Å². The molecule has 1 saturated heterocycles. The highest BCUT2D eigenvalue weighted by atomic mass is 32.2. The van der Waals surface area contributed by atoms with E-state index in [9.17, 15) is 12.8 Å². The summed E-state index contributed by atoms with van der Waals surface area (Å²) >= 11 is 0. The van der Waals surface area contributed by atoms with Gasteiger partial charge in [-0.15, -0.1) is 0 Å². The molecule has 0 amide bonds. The fourth-order valence-corrected chi connectivity index (χ4v) is 4.04. The van der Waals surface area contributed by atoms with Crippen LogP contribution in [0.4, 0.5) is 4.39 Å². The molecule has 5 nitrogen and oxygen atoms in total. The topological polar surface area (TPSA) is 73.2 Å².